The number of esters is 1. The Labute approximate surface area is 173 Å². The lowest BCUT2D eigenvalue weighted by Crippen LogP contribution is -2.46. The summed E-state index contributed by atoms with van der Waals surface area (Å²) in [6.45, 7) is 0.804. The van der Waals surface area contributed by atoms with Crippen molar-refractivity contribution in [3.8, 4) is 0 Å². The fraction of sp³-hybridized carbons (Fsp3) is 0.423. The highest BCUT2D eigenvalue weighted by Gasteiger charge is 2.48. The van der Waals surface area contributed by atoms with Crippen LogP contribution in [0.3, 0.4) is 0 Å². The maximum atomic E-state index is 13.4. The predicted octanol–water partition coefficient (Wildman–Crippen LogP) is 5.09. The second kappa shape index (κ2) is 8.16. The monoisotopic (exact) mass is 387 g/mol. The average molecular weight is 388 g/mol. The molecule has 5 rings (SSSR count). The second-order valence-corrected chi connectivity index (χ2v) is 8.73. The molecule has 2 aromatic rings. The van der Waals surface area contributed by atoms with E-state index in [2.05, 4.69) is 71.6 Å². The van der Waals surface area contributed by atoms with Crippen molar-refractivity contribution in [2.24, 2.45) is 5.92 Å². The summed E-state index contributed by atoms with van der Waals surface area (Å²) in [5.74, 6) is 0.589. The van der Waals surface area contributed by atoms with E-state index in [1.54, 1.807) is 0 Å². The molecular weight excluding hydrogens is 358 g/mol. The number of benzene rings is 2. The molecule has 2 aromatic carbocycles. The number of rotatable bonds is 5. The van der Waals surface area contributed by atoms with Gasteiger partial charge in [0.05, 0.1) is 0 Å². The van der Waals surface area contributed by atoms with E-state index in [1.807, 2.05) is 6.07 Å². The minimum absolute atomic E-state index is 0.000307. The predicted molar refractivity (Wildman–Crippen MR) is 114 cm³/mol. The van der Waals surface area contributed by atoms with Crippen LogP contribution in [0.2, 0.25) is 0 Å². The number of hydrogen-bond donors (Lipinski definition) is 0. The van der Waals surface area contributed by atoms with E-state index in [9.17, 15) is 4.79 Å². The van der Waals surface area contributed by atoms with Crippen molar-refractivity contribution < 1.29 is 9.53 Å². The van der Waals surface area contributed by atoms with Crippen molar-refractivity contribution in [2.75, 3.05) is 0 Å². The number of carbonyl (C=O) groups excluding carboxylic acids is 1. The van der Waals surface area contributed by atoms with E-state index in [0.29, 0.717) is 12.0 Å². The Hall–Kier alpha value is -2.39. The van der Waals surface area contributed by atoms with Gasteiger partial charge >= 0.3 is 5.97 Å². The molecule has 3 aliphatic rings. The molecule has 1 aliphatic heterocycles. The third-order valence-corrected chi connectivity index (χ3v) is 6.93. The van der Waals surface area contributed by atoms with Gasteiger partial charge in [0.1, 0.15) is 12.1 Å². The first kappa shape index (κ1) is 18.6. The van der Waals surface area contributed by atoms with Gasteiger partial charge in [-0.2, -0.15) is 0 Å². The van der Waals surface area contributed by atoms with Crippen LogP contribution in [0.1, 0.15) is 49.1 Å². The Kier molecular flexibility index (Phi) is 5.24. The second-order valence-electron chi connectivity index (χ2n) is 8.73. The topological polar surface area (TPSA) is 29.5 Å². The zero-order chi connectivity index (χ0) is 19.6. The lowest BCUT2D eigenvalue weighted by atomic mass is 9.81. The molecule has 0 spiro atoms. The minimum atomic E-state index is -0.149. The van der Waals surface area contributed by atoms with Gasteiger partial charge in [-0.1, -0.05) is 79.2 Å². The summed E-state index contributed by atoms with van der Waals surface area (Å²) in [6.07, 6.45) is 9.97. The molecular formula is C26H29NO2. The van der Waals surface area contributed by atoms with Crippen molar-refractivity contribution in [1.29, 1.82) is 0 Å². The van der Waals surface area contributed by atoms with Gasteiger partial charge in [0.2, 0.25) is 0 Å². The average Bonchev–Trinajstić information content (AvgIpc) is 3.37. The highest BCUT2D eigenvalue weighted by molar-refractivity contribution is 5.78. The van der Waals surface area contributed by atoms with E-state index in [4.69, 9.17) is 4.74 Å². The van der Waals surface area contributed by atoms with Crippen molar-refractivity contribution in [2.45, 2.75) is 62.8 Å². The molecule has 0 amide bonds. The standard InChI is InChI=1S/C26H29NO2/c28-26(29-24-14-8-7-13-23(24)20-11-5-2-6-12-20)25-21-15-16-22(17-21)27(25)18-19-9-3-1-4-10-19/h1-6,9-12,15-16,21-25H,7-8,13-14,17-18H2/t21-,22+,23-,24+,25-/m0/s1. The third kappa shape index (κ3) is 3.76. The lowest BCUT2D eigenvalue weighted by molar-refractivity contribution is -0.158. The van der Waals surface area contributed by atoms with Crippen LogP contribution in [0.4, 0.5) is 0 Å². The lowest BCUT2D eigenvalue weighted by Gasteiger charge is -2.35. The molecule has 2 bridgehead atoms. The Morgan fingerprint density at radius 3 is 2.45 bits per heavy atom. The van der Waals surface area contributed by atoms with Gasteiger partial charge in [-0.05, 0) is 36.8 Å². The van der Waals surface area contributed by atoms with Crippen molar-refractivity contribution in [3.05, 3.63) is 83.9 Å². The number of carbonyl (C=O) groups is 1. The van der Waals surface area contributed by atoms with Gasteiger partial charge in [0.25, 0.3) is 0 Å². The van der Waals surface area contributed by atoms with E-state index in [1.165, 1.54) is 17.5 Å². The van der Waals surface area contributed by atoms with Crippen LogP contribution in [0.5, 0.6) is 0 Å². The number of fused-ring (bicyclic) bond motifs is 2. The summed E-state index contributed by atoms with van der Waals surface area (Å²) in [5.41, 5.74) is 2.56. The van der Waals surface area contributed by atoms with Gasteiger partial charge in [-0.25, -0.2) is 0 Å². The molecule has 29 heavy (non-hydrogen) atoms. The molecule has 2 aliphatic carbocycles. The molecule has 0 unspecified atom stereocenters. The van der Waals surface area contributed by atoms with E-state index >= 15 is 0 Å². The molecule has 1 saturated heterocycles. The third-order valence-electron chi connectivity index (χ3n) is 6.93. The van der Waals surface area contributed by atoms with Gasteiger partial charge in [-0.15, -0.1) is 0 Å². The van der Waals surface area contributed by atoms with Gasteiger partial charge in [0, 0.05) is 24.4 Å². The zero-order valence-corrected chi connectivity index (χ0v) is 16.8. The van der Waals surface area contributed by atoms with E-state index < -0.39 is 0 Å². The Morgan fingerprint density at radius 1 is 0.931 bits per heavy atom. The fourth-order valence-electron chi connectivity index (χ4n) is 5.50. The van der Waals surface area contributed by atoms with Crippen molar-refractivity contribution in [1.82, 2.24) is 4.90 Å². The number of ether oxygens (including phenoxy) is 1. The maximum absolute atomic E-state index is 13.4. The van der Waals surface area contributed by atoms with Crippen LogP contribution in [0.25, 0.3) is 0 Å². The van der Waals surface area contributed by atoms with E-state index in [-0.39, 0.29) is 24.0 Å². The van der Waals surface area contributed by atoms with Crippen LogP contribution in [-0.2, 0) is 16.1 Å². The Bertz CT molecular complexity index is 863. The van der Waals surface area contributed by atoms with Crippen LogP contribution < -0.4 is 0 Å². The number of nitrogens with zero attached hydrogens (tertiary/aromatic N) is 1. The molecule has 2 fully saturated rings. The molecule has 0 radical (unpaired) electrons. The quantitative estimate of drug-likeness (QED) is 0.529. The molecule has 1 heterocycles. The SMILES string of the molecule is O=C(O[C@@H]1CCCC[C@H]1c1ccccc1)[C@@H]1[C@H]2C=C[C@H](C2)N1Cc1ccccc1. The molecule has 150 valence electrons. The Balaban J connectivity index is 1.33. The first-order valence-corrected chi connectivity index (χ1v) is 11.0. The fourth-order valence-corrected chi connectivity index (χ4v) is 5.50. The number of hydrogen-bond acceptors (Lipinski definition) is 3. The maximum Gasteiger partial charge on any atom is 0.324 e. The van der Waals surface area contributed by atoms with Crippen LogP contribution >= 0.6 is 0 Å². The normalized spacial score (nSPS) is 31.1. The van der Waals surface area contributed by atoms with Crippen LogP contribution in [0.15, 0.2) is 72.8 Å². The summed E-state index contributed by atoms with van der Waals surface area (Å²) < 4.78 is 6.25. The summed E-state index contributed by atoms with van der Waals surface area (Å²) in [5, 5.41) is 0. The first-order valence-electron chi connectivity index (χ1n) is 11.0. The smallest absolute Gasteiger partial charge is 0.324 e. The van der Waals surface area contributed by atoms with Gasteiger partial charge in [-0.3, -0.25) is 9.69 Å². The highest BCUT2D eigenvalue weighted by atomic mass is 16.5. The molecule has 3 heteroatoms. The number of likely N-dealkylation sites (tertiary alicyclic amines) is 1. The summed E-state index contributed by atoms with van der Waals surface area (Å²) >= 11 is 0. The first-order chi connectivity index (χ1) is 14.3. The van der Waals surface area contributed by atoms with Crippen molar-refractivity contribution in [3.63, 3.8) is 0 Å². The largest absolute Gasteiger partial charge is 0.461 e. The summed E-state index contributed by atoms with van der Waals surface area (Å²) in [6, 6.07) is 21.3. The molecule has 1 saturated carbocycles. The van der Waals surface area contributed by atoms with Crippen LogP contribution in [-0.4, -0.2) is 29.1 Å². The van der Waals surface area contributed by atoms with Gasteiger partial charge in [0.15, 0.2) is 0 Å². The minimum Gasteiger partial charge on any atom is -0.461 e. The summed E-state index contributed by atoms with van der Waals surface area (Å²) in [7, 11) is 0. The highest BCUT2D eigenvalue weighted by Crippen LogP contribution is 2.41. The van der Waals surface area contributed by atoms with Crippen molar-refractivity contribution >= 4 is 5.97 Å². The molecule has 0 N–H and O–H groups in total. The van der Waals surface area contributed by atoms with Crippen LogP contribution in [0, 0.1) is 5.92 Å². The molecule has 3 nitrogen and oxygen atoms in total. The zero-order valence-electron chi connectivity index (χ0n) is 16.8. The Morgan fingerprint density at radius 2 is 1.66 bits per heavy atom. The van der Waals surface area contributed by atoms with E-state index in [0.717, 1.165) is 32.2 Å². The molecule has 5 atom stereocenters. The summed E-state index contributed by atoms with van der Waals surface area (Å²) in [4.78, 5) is 15.7. The molecule has 0 aromatic heterocycles. The van der Waals surface area contributed by atoms with Gasteiger partial charge < -0.3 is 4.74 Å².